The smallest absolute Gasteiger partial charge is 0.257 e. The average molecular weight is 270 g/mol. The summed E-state index contributed by atoms with van der Waals surface area (Å²) in [6.07, 6.45) is 4.81. The molecule has 1 aliphatic rings. The van der Waals surface area contributed by atoms with Gasteiger partial charge in [0, 0.05) is 11.4 Å². The first-order valence-electron chi connectivity index (χ1n) is 7.42. The van der Waals surface area contributed by atoms with Gasteiger partial charge in [-0.3, -0.25) is 4.79 Å². The molecule has 3 heteroatoms. The number of pyridine rings is 1. The van der Waals surface area contributed by atoms with Crippen LogP contribution in [0.5, 0.6) is 0 Å². The molecule has 0 atom stereocenters. The highest BCUT2D eigenvalue weighted by Gasteiger charge is 2.26. The summed E-state index contributed by atoms with van der Waals surface area (Å²) in [7, 11) is 0. The average Bonchev–Trinajstić information content (AvgIpc) is 2.41. The van der Waals surface area contributed by atoms with E-state index in [-0.39, 0.29) is 5.56 Å². The van der Waals surface area contributed by atoms with Gasteiger partial charge in [0.05, 0.1) is 0 Å². The van der Waals surface area contributed by atoms with Crippen LogP contribution >= 0.6 is 0 Å². The summed E-state index contributed by atoms with van der Waals surface area (Å²) in [5, 5.41) is 5.24. The molecule has 0 bridgehead atoms. The Labute approximate surface area is 119 Å². The van der Waals surface area contributed by atoms with Gasteiger partial charge in [-0.1, -0.05) is 32.0 Å². The van der Waals surface area contributed by atoms with Crippen LogP contribution in [0.15, 0.2) is 35.1 Å². The Morgan fingerprint density at radius 2 is 1.90 bits per heavy atom. The molecule has 106 valence electrons. The molecule has 3 rings (SSSR count). The third-order valence-electron chi connectivity index (χ3n) is 4.45. The van der Waals surface area contributed by atoms with Crippen molar-refractivity contribution in [2.45, 2.75) is 45.6 Å². The normalized spacial score (nSPS) is 19.1. The summed E-state index contributed by atoms with van der Waals surface area (Å²) in [6.45, 7) is 4.67. The number of hydrogen-bond acceptors (Lipinski definition) is 2. The Hall–Kier alpha value is -1.77. The SMILES string of the molecule is CC1(C)CCC(Nc2cc3ccccc3c(=O)[nH]2)CC1. The summed E-state index contributed by atoms with van der Waals surface area (Å²) in [6, 6.07) is 10.2. The zero-order valence-electron chi connectivity index (χ0n) is 12.2. The maximum absolute atomic E-state index is 12.0. The van der Waals surface area contributed by atoms with Gasteiger partial charge in [-0.05, 0) is 48.6 Å². The van der Waals surface area contributed by atoms with Gasteiger partial charge < -0.3 is 10.3 Å². The van der Waals surface area contributed by atoms with E-state index < -0.39 is 0 Å². The number of H-pyrrole nitrogens is 1. The van der Waals surface area contributed by atoms with Crippen LogP contribution in [0.2, 0.25) is 0 Å². The van der Waals surface area contributed by atoms with Crippen molar-refractivity contribution < 1.29 is 0 Å². The number of anilines is 1. The van der Waals surface area contributed by atoms with Crippen molar-refractivity contribution in [2.24, 2.45) is 5.41 Å². The molecule has 20 heavy (non-hydrogen) atoms. The van der Waals surface area contributed by atoms with Crippen LogP contribution in [0.3, 0.4) is 0 Å². The van der Waals surface area contributed by atoms with Crippen LogP contribution in [0.25, 0.3) is 10.8 Å². The van der Waals surface area contributed by atoms with E-state index >= 15 is 0 Å². The van der Waals surface area contributed by atoms with Crippen LogP contribution in [-0.4, -0.2) is 11.0 Å². The molecule has 2 N–H and O–H groups in total. The Kier molecular flexibility index (Phi) is 3.28. The molecule has 2 aromatic rings. The molecule has 1 saturated carbocycles. The zero-order valence-corrected chi connectivity index (χ0v) is 12.2. The summed E-state index contributed by atoms with van der Waals surface area (Å²) in [4.78, 5) is 15.0. The number of hydrogen-bond donors (Lipinski definition) is 2. The molecule has 1 heterocycles. The number of aromatic nitrogens is 1. The van der Waals surface area contributed by atoms with E-state index in [2.05, 4.69) is 24.1 Å². The molecule has 0 saturated heterocycles. The lowest BCUT2D eigenvalue weighted by Crippen LogP contribution is -2.30. The molecule has 1 aromatic carbocycles. The fourth-order valence-corrected chi connectivity index (χ4v) is 3.05. The quantitative estimate of drug-likeness (QED) is 0.869. The van der Waals surface area contributed by atoms with E-state index in [0.29, 0.717) is 11.5 Å². The highest BCUT2D eigenvalue weighted by Crippen LogP contribution is 2.35. The predicted octanol–water partition coefficient (Wildman–Crippen LogP) is 3.91. The van der Waals surface area contributed by atoms with E-state index in [9.17, 15) is 4.79 Å². The molecule has 0 unspecified atom stereocenters. The van der Waals surface area contributed by atoms with Gasteiger partial charge in [-0.15, -0.1) is 0 Å². The minimum absolute atomic E-state index is 0.0123. The van der Waals surface area contributed by atoms with Gasteiger partial charge in [0.1, 0.15) is 5.82 Å². The third-order valence-corrected chi connectivity index (χ3v) is 4.45. The van der Waals surface area contributed by atoms with E-state index in [4.69, 9.17) is 0 Å². The molecule has 0 radical (unpaired) electrons. The Bertz CT molecular complexity index is 662. The van der Waals surface area contributed by atoms with Crippen molar-refractivity contribution in [1.29, 1.82) is 0 Å². The second-order valence-corrected chi connectivity index (χ2v) is 6.68. The molecule has 1 aliphatic carbocycles. The maximum Gasteiger partial charge on any atom is 0.257 e. The standard InChI is InChI=1S/C17H22N2O/c1-17(2)9-7-13(8-10-17)18-15-11-12-5-3-4-6-14(12)16(20)19-15/h3-6,11,13H,7-10H2,1-2H3,(H2,18,19,20). The molecule has 0 aliphatic heterocycles. The topological polar surface area (TPSA) is 44.9 Å². The lowest BCUT2D eigenvalue weighted by atomic mass is 9.75. The third kappa shape index (κ3) is 2.72. The number of nitrogens with one attached hydrogen (secondary N) is 2. The van der Waals surface area contributed by atoms with Crippen molar-refractivity contribution in [3.63, 3.8) is 0 Å². The van der Waals surface area contributed by atoms with Crippen molar-refractivity contribution >= 4 is 16.6 Å². The second-order valence-electron chi connectivity index (χ2n) is 6.68. The monoisotopic (exact) mass is 270 g/mol. The Morgan fingerprint density at radius 1 is 1.20 bits per heavy atom. The maximum atomic E-state index is 12.0. The van der Waals surface area contributed by atoms with Gasteiger partial charge in [-0.25, -0.2) is 0 Å². The van der Waals surface area contributed by atoms with Crippen molar-refractivity contribution in [3.8, 4) is 0 Å². The van der Waals surface area contributed by atoms with Gasteiger partial charge in [0.15, 0.2) is 0 Å². The summed E-state index contributed by atoms with van der Waals surface area (Å²) in [5.41, 5.74) is 0.455. The molecular weight excluding hydrogens is 248 g/mol. The number of aromatic amines is 1. The predicted molar refractivity (Wildman–Crippen MR) is 84.2 cm³/mol. The lowest BCUT2D eigenvalue weighted by Gasteiger charge is -2.34. The molecule has 1 fully saturated rings. The minimum atomic E-state index is -0.0123. The number of benzene rings is 1. The van der Waals surface area contributed by atoms with Crippen LogP contribution in [0.4, 0.5) is 5.82 Å². The van der Waals surface area contributed by atoms with Gasteiger partial charge >= 0.3 is 0 Å². The van der Waals surface area contributed by atoms with Crippen LogP contribution in [-0.2, 0) is 0 Å². The summed E-state index contributed by atoms with van der Waals surface area (Å²) in [5.74, 6) is 0.846. The Morgan fingerprint density at radius 3 is 2.65 bits per heavy atom. The number of fused-ring (bicyclic) bond motifs is 1. The largest absolute Gasteiger partial charge is 0.369 e. The van der Waals surface area contributed by atoms with E-state index in [1.54, 1.807) is 0 Å². The molecule has 3 nitrogen and oxygen atoms in total. The highest BCUT2D eigenvalue weighted by molar-refractivity contribution is 5.83. The van der Waals surface area contributed by atoms with Gasteiger partial charge in [0.25, 0.3) is 5.56 Å². The molecule has 0 spiro atoms. The fourth-order valence-electron chi connectivity index (χ4n) is 3.05. The van der Waals surface area contributed by atoms with Crippen molar-refractivity contribution in [3.05, 3.63) is 40.7 Å². The summed E-state index contributed by atoms with van der Waals surface area (Å²) >= 11 is 0. The second kappa shape index (κ2) is 4.97. The fraction of sp³-hybridized carbons (Fsp3) is 0.471. The van der Waals surface area contributed by atoms with Gasteiger partial charge in [-0.2, -0.15) is 0 Å². The first-order valence-corrected chi connectivity index (χ1v) is 7.42. The first kappa shape index (κ1) is 13.2. The van der Waals surface area contributed by atoms with Crippen LogP contribution in [0, 0.1) is 5.41 Å². The minimum Gasteiger partial charge on any atom is -0.369 e. The lowest BCUT2D eigenvalue weighted by molar-refractivity contribution is 0.232. The van der Waals surface area contributed by atoms with E-state index in [1.807, 2.05) is 30.3 Å². The first-order chi connectivity index (χ1) is 9.53. The highest BCUT2D eigenvalue weighted by atomic mass is 16.1. The van der Waals surface area contributed by atoms with Crippen LogP contribution in [0.1, 0.15) is 39.5 Å². The van der Waals surface area contributed by atoms with Crippen LogP contribution < -0.4 is 10.9 Å². The van der Waals surface area contributed by atoms with Crippen molar-refractivity contribution in [2.75, 3.05) is 5.32 Å². The molecule has 1 aromatic heterocycles. The Balaban J connectivity index is 1.80. The van der Waals surface area contributed by atoms with E-state index in [0.717, 1.165) is 16.6 Å². The summed E-state index contributed by atoms with van der Waals surface area (Å²) < 4.78 is 0. The number of rotatable bonds is 2. The van der Waals surface area contributed by atoms with Gasteiger partial charge in [0.2, 0.25) is 0 Å². The molecule has 0 amide bonds. The van der Waals surface area contributed by atoms with E-state index in [1.165, 1.54) is 25.7 Å². The van der Waals surface area contributed by atoms with Crippen molar-refractivity contribution in [1.82, 2.24) is 4.98 Å². The zero-order chi connectivity index (χ0) is 14.2. The molecular formula is C17H22N2O.